The van der Waals surface area contributed by atoms with Gasteiger partial charge in [0.05, 0.1) is 12.7 Å². The molecule has 2 aromatic carbocycles. The summed E-state index contributed by atoms with van der Waals surface area (Å²) in [5.41, 5.74) is 1.42. The average Bonchev–Trinajstić information content (AvgIpc) is 3.21. The molecule has 0 saturated carbocycles. The summed E-state index contributed by atoms with van der Waals surface area (Å²) in [6, 6.07) is 15.5. The Morgan fingerprint density at radius 2 is 1.52 bits per heavy atom. The molecule has 0 fully saturated rings. The number of ether oxygens (including phenoxy) is 1. The summed E-state index contributed by atoms with van der Waals surface area (Å²) >= 11 is 0. The summed E-state index contributed by atoms with van der Waals surface area (Å²) in [4.78, 5) is 34.3. The van der Waals surface area contributed by atoms with E-state index in [2.05, 4.69) is 10.6 Å². The van der Waals surface area contributed by atoms with Crippen LogP contribution in [-0.4, -0.2) is 23.3 Å². The lowest BCUT2D eigenvalue weighted by molar-refractivity contribution is -0.402. The lowest BCUT2D eigenvalue weighted by atomic mass is 10.2. The van der Waals surface area contributed by atoms with Crippen molar-refractivity contribution in [2.45, 2.75) is 6.92 Å². The quantitative estimate of drug-likeness (QED) is 0.459. The molecule has 9 heteroatoms. The third-order valence-electron chi connectivity index (χ3n) is 3.82. The predicted octanol–water partition coefficient (Wildman–Crippen LogP) is 4.09. The minimum absolute atomic E-state index is 0.186. The van der Waals surface area contributed by atoms with Crippen molar-refractivity contribution in [3.63, 3.8) is 0 Å². The molecule has 3 rings (SSSR count). The first-order chi connectivity index (χ1) is 14.0. The number of hydrogen-bond acceptors (Lipinski definition) is 6. The summed E-state index contributed by atoms with van der Waals surface area (Å²) in [5.74, 6) is -0.934. The Morgan fingerprint density at radius 3 is 2.07 bits per heavy atom. The van der Waals surface area contributed by atoms with E-state index in [0.29, 0.717) is 29.3 Å². The maximum atomic E-state index is 12.3. The number of carbonyl (C=O) groups is 2. The second kappa shape index (κ2) is 8.70. The van der Waals surface area contributed by atoms with Gasteiger partial charge in [-0.15, -0.1) is 0 Å². The highest BCUT2D eigenvalue weighted by molar-refractivity contribution is 6.05. The largest absolute Gasteiger partial charge is 0.494 e. The highest BCUT2D eigenvalue weighted by Crippen LogP contribution is 2.19. The molecule has 0 radical (unpaired) electrons. The predicted molar refractivity (Wildman–Crippen MR) is 105 cm³/mol. The minimum atomic E-state index is -0.728. The molecule has 0 unspecified atom stereocenters. The maximum absolute atomic E-state index is 12.3. The number of furan rings is 1. The van der Waals surface area contributed by atoms with Crippen LogP contribution >= 0.6 is 0 Å². The van der Waals surface area contributed by atoms with Gasteiger partial charge in [-0.2, -0.15) is 0 Å². The molecule has 29 heavy (non-hydrogen) atoms. The average molecular weight is 395 g/mol. The summed E-state index contributed by atoms with van der Waals surface area (Å²) in [7, 11) is 0. The van der Waals surface area contributed by atoms with Crippen molar-refractivity contribution < 1.29 is 23.7 Å². The van der Waals surface area contributed by atoms with Crippen molar-refractivity contribution in [3.05, 3.63) is 82.1 Å². The van der Waals surface area contributed by atoms with Crippen LogP contribution in [0.2, 0.25) is 0 Å². The normalized spacial score (nSPS) is 10.2. The van der Waals surface area contributed by atoms with Crippen molar-refractivity contribution in [1.82, 2.24) is 0 Å². The van der Waals surface area contributed by atoms with Gasteiger partial charge < -0.3 is 19.8 Å². The Hall–Kier alpha value is -4.14. The fourth-order valence-electron chi connectivity index (χ4n) is 2.45. The topological polar surface area (TPSA) is 124 Å². The monoisotopic (exact) mass is 395 g/mol. The molecule has 0 aliphatic carbocycles. The summed E-state index contributed by atoms with van der Waals surface area (Å²) in [6.45, 7) is 2.45. The van der Waals surface area contributed by atoms with E-state index in [0.717, 1.165) is 6.07 Å². The molecule has 1 aromatic heterocycles. The van der Waals surface area contributed by atoms with E-state index in [9.17, 15) is 19.7 Å². The molecule has 0 bridgehead atoms. The van der Waals surface area contributed by atoms with Gasteiger partial charge in [-0.3, -0.25) is 19.7 Å². The third-order valence-corrected chi connectivity index (χ3v) is 3.82. The second-order valence-electron chi connectivity index (χ2n) is 5.84. The molecular formula is C20H17N3O6. The van der Waals surface area contributed by atoms with Crippen molar-refractivity contribution >= 4 is 29.1 Å². The number of nitro groups is 1. The fraction of sp³-hybridized carbons (Fsp3) is 0.100. The Kier molecular flexibility index (Phi) is 5.88. The standard InChI is InChI=1S/C20H17N3O6/c1-2-28-16-9-7-15(8-10-16)21-19(24)13-3-5-14(6-4-13)22-20(25)17-11-12-18(29-17)23(26)27/h3-12H,2H2,1H3,(H,21,24)(H,22,25). The molecule has 2 amide bonds. The van der Waals surface area contributed by atoms with Crippen LogP contribution in [-0.2, 0) is 0 Å². The van der Waals surface area contributed by atoms with E-state index in [1.165, 1.54) is 6.07 Å². The van der Waals surface area contributed by atoms with E-state index >= 15 is 0 Å². The lowest BCUT2D eigenvalue weighted by Gasteiger charge is -2.08. The summed E-state index contributed by atoms with van der Waals surface area (Å²) < 4.78 is 10.2. The van der Waals surface area contributed by atoms with Crippen molar-refractivity contribution in [2.24, 2.45) is 0 Å². The first-order valence-electron chi connectivity index (χ1n) is 8.66. The number of rotatable bonds is 7. The Balaban J connectivity index is 1.60. The summed E-state index contributed by atoms with van der Waals surface area (Å²) in [6.07, 6.45) is 0. The van der Waals surface area contributed by atoms with Crippen LogP contribution in [0.15, 0.2) is 65.1 Å². The van der Waals surface area contributed by atoms with Gasteiger partial charge in [-0.05, 0) is 61.5 Å². The van der Waals surface area contributed by atoms with Gasteiger partial charge in [0.25, 0.3) is 11.8 Å². The molecule has 0 saturated heterocycles. The molecule has 3 aromatic rings. The van der Waals surface area contributed by atoms with E-state index in [1.54, 1.807) is 48.5 Å². The molecule has 0 spiro atoms. The lowest BCUT2D eigenvalue weighted by Crippen LogP contribution is -2.13. The van der Waals surface area contributed by atoms with Crippen molar-refractivity contribution in [1.29, 1.82) is 0 Å². The SMILES string of the molecule is CCOc1ccc(NC(=O)c2ccc(NC(=O)c3ccc([N+](=O)[O-])o3)cc2)cc1. The molecule has 2 N–H and O–H groups in total. The smallest absolute Gasteiger partial charge is 0.433 e. The van der Waals surface area contributed by atoms with Crippen LogP contribution in [0, 0.1) is 10.1 Å². The first-order valence-corrected chi connectivity index (χ1v) is 8.66. The zero-order valence-electron chi connectivity index (χ0n) is 15.4. The number of hydrogen-bond donors (Lipinski definition) is 2. The second-order valence-corrected chi connectivity index (χ2v) is 5.84. The Morgan fingerprint density at radius 1 is 0.931 bits per heavy atom. The first kappa shape index (κ1) is 19.6. The summed E-state index contributed by atoms with van der Waals surface area (Å²) in [5, 5.41) is 15.9. The van der Waals surface area contributed by atoms with Crippen LogP contribution in [0.25, 0.3) is 0 Å². The van der Waals surface area contributed by atoms with Gasteiger partial charge in [0.1, 0.15) is 10.7 Å². The molecule has 0 atom stereocenters. The van der Waals surface area contributed by atoms with Crippen LogP contribution < -0.4 is 15.4 Å². The van der Waals surface area contributed by atoms with Crippen molar-refractivity contribution in [3.8, 4) is 5.75 Å². The zero-order valence-corrected chi connectivity index (χ0v) is 15.4. The van der Waals surface area contributed by atoms with Crippen molar-refractivity contribution in [2.75, 3.05) is 17.2 Å². The Bertz CT molecular complexity index is 1030. The Labute approximate surface area is 165 Å². The fourth-order valence-corrected chi connectivity index (χ4v) is 2.45. The van der Waals surface area contributed by atoms with Crippen LogP contribution in [0.4, 0.5) is 17.3 Å². The number of nitrogens with one attached hydrogen (secondary N) is 2. The van der Waals surface area contributed by atoms with E-state index in [-0.39, 0.29) is 11.7 Å². The zero-order chi connectivity index (χ0) is 20.8. The van der Waals surface area contributed by atoms with Crippen LogP contribution in [0.5, 0.6) is 5.75 Å². The number of amides is 2. The number of carbonyl (C=O) groups excluding carboxylic acids is 2. The highest BCUT2D eigenvalue weighted by Gasteiger charge is 2.17. The van der Waals surface area contributed by atoms with E-state index in [1.807, 2.05) is 6.92 Å². The van der Waals surface area contributed by atoms with Gasteiger partial charge in [-0.1, -0.05) is 0 Å². The van der Waals surface area contributed by atoms with Crippen LogP contribution in [0.3, 0.4) is 0 Å². The number of nitrogens with zero attached hydrogens (tertiary/aromatic N) is 1. The molecule has 9 nitrogen and oxygen atoms in total. The highest BCUT2D eigenvalue weighted by atomic mass is 16.6. The number of anilines is 2. The molecule has 148 valence electrons. The van der Waals surface area contributed by atoms with Gasteiger partial charge in [0, 0.05) is 16.9 Å². The van der Waals surface area contributed by atoms with Gasteiger partial charge in [0.15, 0.2) is 5.76 Å². The van der Waals surface area contributed by atoms with Crippen LogP contribution in [0.1, 0.15) is 27.8 Å². The maximum Gasteiger partial charge on any atom is 0.433 e. The molecule has 0 aliphatic heterocycles. The van der Waals surface area contributed by atoms with Gasteiger partial charge in [0.2, 0.25) is 0 Å². The molecule has 1 heterocycles. The molecule has 0 aliphatic rings. The van der Waals surface area contributed by atoms with Gasteiger partial charge >= 0.3 is 5.88 Å². The van der Waals surface area contributed by atoms with Gasteiger partial charge in [-0.25, -0.2) is 0 Å². The van der Waals surface area contributed by atoms with E-state index < -0.39 is 16.7 Å². The number of benzene rings is 2. The minimum Gasteiger partial charge on any atom is -0.494 e. The molecular weight excluding hydrogens is 378 g/mol. The van der Waals surface area contributed by atoms with E-state index in [4.69, 9.17) is 9.15 Å². The third kappa shape index (κ3) is 4.98.